The van der Waals surface area contributed by atoms with Gasteiger partial charge in [-0.2, -0.15) is 5.10 Å². The maximum Gasteiger partial charge on any atom is 0.234 e. The highest BCUT2D eigenvalue weighted by Crippen LogP contribution is 2.31. The predicted molar refractivity (Wildman–Crippen MR) is 175 cm³/mol. The second kappa shape index (κ2) is 14.0. The molecule has 9 nitrogen and oxygen atoms in total. The first kappa shape index (κ1) is 31.8. The summed E-state index contributed by atoms with van der Waals surface area (Å²) in [6, 6.07) is 17.1. The molecule has 10 heteroatoms. The molecule has 3 N–H and O–H groups in total. The monoisotopic (exact) mass is 615 g/mol. The maximum absolute atomic E-state index is 12.2. The number of carbonyl (C=O) groups is 2. The molecule has 0 aliphatic carbocycles. The van der Waals surface area contributed by atoms with E-state index in [1.165, 1.54) is 16.7 Å². The van der Waals surface area contributed by atoms with E-state index in [4.69, 9.17) is 5.73 Å². The minimum absolute atomic E-state index is 0. The Labute approximate surface area is 265 Å². The number of halogens is 1. The van der Waals surface area contributed by atoms with Gasteiger partial charge in [-0.25, -0.2) is 9.50 Å². The molecule has 6 rings (SSSR count). The zero-order chi connectivity index (χ0) is 29.9. The number of aromatic nitrogens is 3. The number of likely N-dealkylation sites (N-methyl/N-ethyl adjacent to an activating group) is 1. The van der Waals surface area contributed by atoms with Gasteiger partial charge in [0, 0.05) is 44.4 Å². The van der Waals surface area contributed by atoms with Crippen LogP contribution in [0, 0.1) is 6.92 Å². The number of likely N-dealkylation sites (tertiary alicyclic amines) is 1. The number of amides is 2. The number of hydrogen-bond acceptors (Lipinski definition) is 7. The van der Waals surface area contributed by atoms with E-state index < -0.39 is 0 Å². The molecular formula is C34H42ClN7O2. The molecule has 2 amide bonds. The van der Waals surface area contributed by atoms with Gasteiger partial charge in [-0.15, -0.1) is 12.4 Å². The highest BCUT2D eigenvalue weighted by atomic mass is 35.5. The van der Waals surface area contributed by atoms with Crippen molar-refractivity contribution in [3.05, 3.63) is 88.9 Å². The van der Waals surface area contributed by atoms with Crippen molar-refractivity contribution in [2.24, 2.45) is 5.73 Å². The Morgan fingerprint density at radius 3 is 2.48 bits per heavy atom. The third-order valence-corrected chi connectivity index (χ3v) is 9.19. The van der Waals surface area contributed by atoms with Crippen LogP contribution in [0.3, 0.4) is 0 Å². The summed E-state index contributed by atoms with van der Waals surface area (Å²) in [4.78, 5) is 33.3. The number of nitrogens with one attached hydrogen (secondary N) is 1. The number of carbonyl (C=O) groups excluding carboxylic acids is 2. The fourth-order valence-electron chi connectivity index (χ4n) is 6.57. The van der Waals surface area contributed by atoms with Gasteiger partial charge in [0.2, 0.25) is 11.8 Å². The molecule has 2 aromatic carbocycles. The number of piperidine rings is 2. The van der Waals surface area contributed by atoms with Crippen molar-refractivity contribution in [1.29, 1.82) is 0 Å². The summed E-state index contributed by atoms with van der Waals surface area (Å²) in [5, 5.41) is 6.93. The van der Waals surface area contributed by atoms with Gasteiger partial charge >= 0.3 is 0 Å². The van der Waals surface area contributed by atoms with E-state index in [0.717, 1.165) is 73.5 Å². The van der Waals surface area contributed by atoms with E-state index in [9.17, 15) is 9.59 Å². The van der Waals surface area contributed by atoms with Crippen molar-refractivity contribution in [3.8, 4) is 11.3 Å². The average Bonchev–Trinajstić information content (AvgIpc) is 3.43. The molecule has 2 aromatic heterocycles. The fraction of sp³-hybridized carbons (Fsp3) is 0.412. The van der Waals surface area contributed by atoms with Crippen LogP contribution < -0.4 is 11.1 Å². The van der Waals surface area contributed by atoms with Crippen LogP contribution in [-0.2, 0) is 22.7 Å². The molecule has 44 heavy (non-hydrogen) atoms. The Bertz CT molecular complexity index is 1610. The van der Waals surface area contributed by atoms with Crippen molar-refractivity contribution in [3.63, 3.8) is 0 Å². The third-order valence-electron chi connectivity index (χ3n) is 9.19. The van der Waals surface area contributed by atoms with Gasteiger partial charge in [0.1, 0.15) is 6.33 Å². The number of aryl methyl sites for hydroxylation is 1. The third kappa shape index (κ3) is 7.02. The van der Waals surface area contributed by atoms with Gasteiger partial charge in [-0.3, -0.25) is 14.9 Å². The molecule has 4 aromatic rings. The number of hydrogen-bond donors (Lipinski definition) is 2. The first-order chi connectivity index (χ1) is 20.9. The summed E-state index contributed by atoms with van der Waals surface area (Å²) in [6.45, 7) is 7.69. The number of nitrogens with zero attached hydrogens (tertiary/aromatic N) is 5. The van der Waals surface area contributed by atoms with Crippen LogP contribution in [0.25, 0.3) is 16.8 Å². The molecule has 4 heterocycles. The Hall–Kier alpha value is -3.63. The van der Waals surface area contributed by atoms with Crippen molar-refractivity contribution < 1.29 is 9.59 Å². The van der Waals surface area contributed by atoms with Crippen LogP contribution >= 0.6 is 12.4 Å². The second-order valence-electron chi connectivity index (χ2n) is 12.2. The highest BCUT2D eigenvalue weighted by Gasteiger charge is 2.28. The van der Waals surface area contributed by atoms with Crippen LogP contribution in [0.4, 0.5) is 0 Å². The van der Waals surface area contributed by atoms with Gasteiger partial charge in [0.15, 0.2) is 0 Å². The molecule has 1 unspecified atom stereocenters. The Morgan fingerprint density at radius 2 is 1.77 bits per heavy atom. The van der Waals surface area contributed by atoms with Crippen LogP contribution in [0.2, 0.25) is 0 Å². The molecule has 2 fully saturated rings. The van der Waals surface area contributed by atoms with Crippen molar-refractivity contribution in [2.75, 3.05) is 33.2 Å². The lowest BCUT2D eigenvalue weighted by molar-refractivity contribution is -0.134. The summed E-state index contributed by atoms with van der Waals surface area (Å²) in [5.74, 6) is -0.0119. The molecule has 2 aliphatic rings. The number of fused-ring (bicyclic) bond motifs is 1. The van der Waals surface area contributed by atoms with Crippen molar-refractivity contribution in [2.45, 2.75) is 57.5 Å². The Morgan fingerprint density at radius 1 is 1.02 bits per heavy atom. The number of rotatable bonds is 9. The summed E-state index contributed by atoms with van der Waals surface area (Å²) >= 11 is 0. The molecular weight excluding hydrogens is 574 g/mol. The molecule has 2 aliphatic heterocycles. The molecule has 232 valence electrons. The van der Waals surface area contributed by atoms with E-state index in [-0.39, 0.29) is 30.1 Å². The number of benzene rings is 2. The molecule has 2 saturated heterocycles. The Balaban J connectivity index is 0.00000384. The molecule has 1 atom stereocenters. The van der Waals surface area contributed by atoms with Gasteiger partial charge < -0.3 is 15.5 Å². The van der Waals surface area contributed by atoms with E-state index in [0.29, 0.717) is 25.3 Å². The lowest BCUT2D eigenvalue weighted by atomic mass is 9.86. The minimum Gasteiger partial charge on any atom is -0.326 e. The topological polar surface area (TPSA) is 109 Å². The van der Waals surface area contributed by atoms with Gasteiger partial charge in [-0.1, -0.05) is 36.4 Å². The maximum atomic E-state index is 12.2. The summed E-state index contributed by atoms with van der Waals surface area (Å²) < 4.78 is 1.93. The van der Waals surface area contributed by atoms with Crippen LogP contribution in [0.5, 0.6) is 0 Å². The minimum atomic E-state index is -0.218. The van der Waals surface area contributed by atoms with E-state index in [1.54, 1.807) is 6.33 Å². The van der Waals surface area contributed by atoms with E-state index in [2.05, 4.69) is 93.9 Å². The molecule has 0 bridgehead atoms. The summed E-state index contributed by atoms with van der Waals surface area (Å²) in [5.41, 5.74) is 14.8. The zero-order valence-electron chi connectivity index (χ0n) is 25.5. The second-order valence-corrected chi connectivity index (χ2v) is 12.2. The van der Waals surface area contributed by atoms with E-state index >= 15 is 0 Å². The average molecular weight is 616 g/mol. The first-order valence-electron chi connectivity index (χ1n) is 15.3. The lowest BCUT2D eigenvalue weighted by Gasteiger charge is -2.33. The molecule has 0 saturated carbocycles. The zero-order valence-corrected chi connectivity index (χ0v) is 26.4. The molecule has 0 radical (unpaired) electrons. The first-order valence-corrected chi connectivity index (χ1v) is 15.3. The summed E-state index contributed by atoms with van der Waals surface area (Å²) in [6.07, 6.45) is 7.01. The van der Waals surface area contributed by atoms with Gasteiger partial charge in [0.25, 0.3) is 0 Å². The summed E-state index contributed by atoms with van der Waals surface area (Å²) in [7, 11) is 2.18. The van der Waals surface area contributed by atoms with Crippen LogP contribution in [0.15, 0.2) is 61.1 Å². The normalized spacial score (nSPS) is 18.0. The van der Waals surface area contributed by atoms with Crippen molar-refractivity contribution in [1.82, 2.24) is 29.7 Å². The largest absolute Gasteiger partial charge is 0.326 e. The Kier molecular flexibility index (Phi) is 10.1. The highest BCUT2D eigenvalue weighted by molar-refractivity contribution is 6.00. The number of imide groups is 1. The van der Waals surface area contributed by atoms with Gasteiger partial charge in [0.05, 0.1) is 17.1 Å². The number of nitrogens with two attached hydrogens (primary N) is 1. The fourth-order valence-corrected chi connectivity index (χ4v) is 6.57. The quantitative estimate of drug-likeness (QED) is 0.268. The standard InChI is InChI=1S/C34H41N7O2.ClH/c1-23-17-28(7-8-29(23)19-35)33-31-18-24(21-41(31)37-22-36-33)20-39(2)15-16-40-13-11-26(12-14-40)25-3-5-27(6-4-25)30-9-10-32(42)38-34(30)43;/h3-8,17-18,21-22,26,30H,9-16,19-20,35H2,1-2H3,(H,38,42,43);1H. The predicted octanol–water partition coefficient (Wildman–Crippen LogP) is 4.42. The smallest absolute Gasteiger partial charge is 0.234 e. The van der Waals surface area contributed by atoms with E-state index in [1.807, 2.05) is 4.52 Å². The van der Waals surface area contributed by atoms with Crippen molar-refractivity contribution >= 4 is 29.7 Å². The lowest BCUT2D eigenvalue weighted by Crippen LogP contribution is -2.39. The SMILES string of the molecule is Cc1cc(-c2ncnn3cc(CN(C)CCN4CCC(c5ccc(C6CCC(=O)NC6=O)cc5)CC4)cc23)ccc1CN.Cl. The van der Waals surface area contributed by atoms with Crippen LogP contribution in [0.1, 0.15) is 65.3 Å². The van der Waals surface area contributed by atoms with Crippen LogP contribution in [-0.4, -0.2) is 69.4 Å². The van der Waals surface area contributed by atoms with Gasteiger partial charge in [-0.05, 0) is 92.2 Å². The molecule has 0 spiro atoms.